The zero-order valence-corrected chi connectivity index (χ0v) is 9.50. The van der Waals surface area contributed by atoms with Gasteiger partial charge in [0.2, 0.25) is 0 Å². The second-order valence-corrected chi connectivity index (χ2v) is 4.25. The summed E-state index contributed by atoms with van der Waals surface area (Å²) in [7, 11) is 3.94. The van der Waals surface area contributed by atoms with Crippen LogP contribution in [0.15, 0.2) is 21.8 Å². The second-order valence-electron chi connectivity index (χ2n) is 4.25. The molecule has 0 radical (unpaired) electrons. The van der Waals surface area contributed by atoms with Crippen molar-refractivity contribution >= 4 is 11.7 Å². The van der Waals surface area contributed by atoms with Crippen molar-refractivity contribution < 1.29 is 0 Å². The van der Waals surface area contributed by atoms with E-state index in [0.29, 0.717) is 5.84 Å². The van der Waals surface area contributed by atoms with Crippen molar-refractivity contribution in [2.45, 2.75) is 26.3 Å². The number of rotatable bonds is 1. The fourth-order valence-corrected chi connectivity index (χ4v) is 1.52. The van der Waals surface area contributed by atoms with E-state index in [1.165, 1.54) is 0 Å². The van der Waals surface area contributed by atoms with E-state index in [4.69, 9.17) is 5.73 Å². The van der Waals surface area contributed by atoms with Crippen LogP contribution in [0, 0.1) is 0 Å². The topological polar surface area (TPSA) is 54.0 Å². The molecule has 0 aromatic rings. The Labute approximate surface area is 85.2 Å². The predicted octanol–water partition coefficient (Wildman–Crippen LogP) is 1.000. The Bertz CT molecular complexity index is 317. The van der Waals surface area contributed by atoms with Crippen molar-refractivity contribution in [1.29, 1.82) is 0 Å². The first-order valence-electron chi connectivity index (χ1n) is 4.63. The molecule has 0 aromatic heterocycles. The van der Waals surface area contributed by atoms with Gasteiger partial charge < -0.3 is 10.6 Å². The molecule has 4 nitrogen and oxygen atoms in total. The average Bonchev–Trinajstić information content (AvgIpc) is 2.23. The first-order chi connectivity index (χ1) is 6.33. The van der Waals surface area contributed by atoms with Crippen molar-refractivity contribution in [2.75, 3.05) is 14.1 Å². The van der Waals surface area contributed by atoms with Crippen LogP contribution < -0.4 is 5.73 Å². The lowest BCUT2D eigenvalue weighted by Crippen LogP contribution is -2.37. The lowest BCUT2D eigenvalue weighted by atomic mass is 10.1. The zero-order valence-electron chi connectivity index (χ0n) is 9.50. The lowest BCUT2D eigenvalue weighted by molar-refractivity contribution is 0.548. The molecule has 0 atom stereocenters. The van der Waals surface area contributed by atoms with Gasteiger partial charge in [0.1, 0.15) is 11.4 Å². The number of allylic oxidation sites excluding steroid dienone is 1. The van der Waals surface area contributed by atoms with Crippen LogP contribution in [0.4, 0.5) is 0 Å². The minimum Gasteiger partial charge on any atom is -0.402 e. The summed E-state index contributed by atoms with van der Waals surface area (Å²) in [4.78, 5) is 10.9. The molecule has 0 unspecified atom stereocenters. The quantitative estimate of drug-likeness (QED) is 0.677. The molecule has 1 rings (SSSR count). The summed E-state index contributed by atoms with van der Waals surface area (Å²) in [6.07, 6.45) is 1.79. The van der Waals surface area contributed by atoms with Crippen molar-refractivity contribution in [3.8, 4) is 0 Å². The fraction of sp³-hybridized carbons (Fsp3) is 0.600. The minimum absolute atomic E-state index is 0.245. The summed E-state index contributed by atoms with van der Waals surface area (Å²) in [6.45, 7) is 5.91. The van der Waals surface area contributed by atoms with Crippen LogP contribution in [0.25, 0.3) is 0 Å². The fourth-order valence-electron chi connectivity index (χ4n) is 1.52. The van der Waals surface area contributed by atoms with Crippen LogP contribution in [-0.4, -0.2) is 36.2 Å². The molecule has 0 spiro atoms. The number of nitrogens with zero attached hydrogens (tertiary/aromatic N) is 3. The van der Waals surface area contributed by atoms with Crippen LogP contribution in [0.2, 0.25) is 0 Å². The molecule has 0 aliphatic carbocycles. The van der Waals surface area contributed by atoms with Crippen LogP contribution >= 0.6 is 0 Å². The molecule has 1 aliphatic rings. The van der Waals surface area contributed by atoms with Gasteiger partial charge in [-0.15, -0.1) is 0 Å². The third-order valence-corrected chi connectivity index (χ3v) is 1.94. The van der Waals surface area contributed by atoms with Crippen LogP contribution in [0.1, 0.15) is 20.8 Å². The minimum atomic E-state index is -0.245. The van der Waals surface area contributed by atoms with Gasteiger partial charge in [-0.2, -0.15) is 0 Å². The van der Waals surface area contributed by atoms with Gasteiger partial charge >= 0.3 is 0 Å². The normalized spacial score (nSPS) is 20.5. The highest BCUT2D eigenvalue weighted by atomic mass is 15.2. The summed E-state index contributed by atoms with van der Waals surface area (Å²) < 4.78 is 0. The van der Waals surface area contributed by atoms with Gasteiger partial charge in [0.15, 0.2) is 5.84 Å². The number of hydrogen-bond acceptors (Lipinski definition) is 4. The highest BCUT2D eigenvalue weighted by molar-refractivity contribution is 6.11. The molecular formula is C10H18N4. The smallest absolute Gasteiger partial charge is 0.152 e. The van der Waals surface area contributed by atoms with Gasteiger partial charge in [0.25, 0.3) is 0 Å². The van der Waals surface area contributed by atoms with Gasteiger partial charge in [0, 0.05) is 25.9 Å². The van der Waals surface area contributed by atoms with Crippen molar-refractivity contribution in [2.24, 2.45) is 15.7 Å². The van der Waals surface area contributed by atoms with Crippen LogP contribution in [0.3, 0.4) is 0 Å². The van der Waals surface area contributed by atoms with Gasteiger partial charge in [-0.05, 0) is 20.8 Å². The average molecular weight is 194 g/mol. The van der Waals surface area contributed by atoms with E-state index >= 15 is 0 Å². The van der Waals surface area contributed by atoms with E-state index in [0.717, 1.165) is 11.5 Å². The first kappa shape index (κ1) is 10.8. The standard InChI is InChI=1S/C10H18N4/c1-7(11)6-8-12-9(14(4)5)10(2,3)13-8/h6H,11H2,1-5H3. The van der Waals surface area contributed by atoms with Gasteiger partial charge in [-0.25, -0.2) is 4.99 Å². The number of likely N-dealkylation sites (N-methyl/N-ethyl adjacent to an activating group) is 1. The Morgan fingerprint density at radius 3 is 2.36 bits per heavy atom. The number of amidine groups is 2. The van der Waals surface area contributed by atoms with E-state index in [-0.39, 0.29) is 5.54 Å². The number of nitrogens with two attached hydrogens (primary N) is 1. The second kappa shape index (κ2) is 3.44. The molecule has 0 saturated heterocycles. The maximum absolute atomic E-state index is 5.58. The molecule has 2 N–H and O–H groups in total. The SMILES string of the molecule is CC(N)=CC1=NC(C)(C)C(N(C)C)=N1. The van der Waals surface area contributed by atoms with E-state index < -0.39 is 0 Å². The Balaban J connectivity index is 3.01. The third-order valence-electron chi connectivity index (χ3n) is 1.94. The predicted molar refractivity (Wildman–Crippen MR) is 60.6 cm³/mol. The summed E-state index contributed by atoms with van der Waals surface area (Å²) in [5.74, 6) is 1.67. The highest BCUT2D eigenvalue weighted by Crippen LogP contribution is 2.20. The largest absolute Gasteiger partial charge is 0.402 e. The molecule has 78 valence electrons. The molecule has 0 bridgehead atoms. The van der Waals surface area contributed by atoms with E-state index in [1.54, 1.807) is 6.08 Å². The molecule has 1 heterocycles. The molecule has 0 saturated carbocycles. The van der Waals surface area contributed by atoms with Crippen molar-refractivity contribution in [3.63, 3.8) is 0 Å². The van der Waals surface area contributed by atoms with E-state index in [9.17, 15) is 0 Å². The lowest BCUT2D eigenvalue weighted by Gasteiger charge is -2.23. The van der Waals surface area contributed by atoms with Gasteiger partial charge in [-0.1, -0.05) is 0 Å². The van der Waals surface area contributed by atoms with E-state index in [2.05, 4.69) is 9.98 Å². The Morgan fingerprint density at radius 1 is 1.43 bits per heavy atom. The molecule has 14 heavy (non-hydrogen) atoms. The number of aliphatic imine (C=N–C) groups is 2. The molecule has 4 heteroatoms. The molecule has 0 amide bonds. The van der Waals surface area contributed by atoms with Crippen molar-refractivity contribution in [3.05, 3.63) is 11.8 Å². The first-order valence-corrected chi connectivity index (χ1v) is 4.63. The number of hydrogen-bond donors (Lipinski definition) is 1. The summed E-state index contributed by atoms with van der Waals surface area (Å²) in [6, 6.07) is 0. The molecular weight excluding hydrogens is 176 g/mol. The molecule has 1 aliphatic heterocycles. The summed E-state index contributed by atoms with van der Waals surface area (Å²) in [5.41, 5.74) is 6.06. The maximum Gasteiger partial charge on any atom is 0.152 e. The monoisotopic (exact) mass is 194 g/mol. The Hall–Kier alpha value is -1.32. The zero-order chi connectivity index (χ0) is 10.9. The van der Waals surface area contributed by atoms with Crippen LogP contribution in [0.5, 0.6) is 0 Å². The summed E-state index contributed by atoms with van der Waals surface area (Å²) >= 11 is 0. The molecule has 0 aromatic carbocycles. The Kier molecular flexibility index (Phi) is 2.64. The Morgan fingerprint density at radius 2 is 2.00 bits per heavy atom. The molecule has 0 fully saturated rings. The van der Waals surface area contributed by atoms with Crippen molar-refractivity contribution in [1.82, 2.24) is 4.90 Å². The van der Waals surface area contributed by atoms with E-state index in [1.807, 2.05) is 39.8 Å². The third kappa shape index (κ3) is 2.13. The maximum atomic E-state index is 5.58. The van der Waals surface area contributed by atoms with Gasteiger partial charge in [-0.3, -0.25) is 4.99 Å². The summed E-state index contributed by atoms with van der Waals surface area (Å²) in [5, 5.41) is 0. The van der Waals surface area contributed by atoms with Gasteiger partial charge in [0.05, 0.1) is 0 Å². The highest BCUT2D eigenvalue weighted by Gasteiger charge is 2.31. The van der Waals surface area contributed by atoms with Crippen LogP contribution in [-0.2, 0) is 0 Å².